The Labute approximate surface area is 200 Å². The van der Waals surface area contributed by atoms with Crippen LogP contribution in [0.2, 0.25) is 5.15 Å². The third-order valence-corrected chi connectivity index (χ3v) is 5.40. The van der Waals surface area contributed by atoms with Gasteiger partial charge >= 0.3 is 11.7 Å². The van der Waals surface area contributed by atoms with Crippen LogP contribution in [-0.4, -0.2) is 39.6 Å². The second-order valence-corrected chi connectivity index (χ2v) is 8.05. The van der Waals surface area contributed by atoms with Crippen molar-refractivity contribution in [1.29, 1.82) is 0 Å². The number of ether oxygens (including phenoxy) is 1. The van der Waals surface area contributed by atoms with E-state index in [0.717, 1.165) is 6.42 Å². The van der Waals surface area contributed by atoms with Crippen molar-refractivity contribution >= 4 is 45.9 Å². The predicted molar refractivity (Wildman–Crippen MR) is 130 cm³/mol. The molecule has 0 saturated carbocycles. The maximum atomic E-state index is 13.0. The van der Waals surface area contributed by atoms with Gasteiger partial charge in [0.1, 0.15) is 11.0 Å². The fourth-order valence-electron chi connectivity index (χ4n) is 3.48. The summed E-state index contributed by atoms with van der Waals surface area (Å²) in [6.45, 7) is 3.63. The molecule has 0 aliphatic rings. The zero-order chi connectivity index (χ0) is 24.8. The lowest BCUT2D eigenvalue weighted by Gasteiger charge is -2.24. The molecule has 1 amide bonds. The number of hydrogen-bond acceptors (Lipinski definition) is 7. The van der Waals surface area contributed by atoms with Crippen LogP contribution in [0.3, 0.4) is 0 Å². The Morgan fingerprint density at radius 2 is 1.94 bits per heavy atom. The number of amides is 1. The number of esters is 1. The van der Waals surface area contributed by atoms with Gasteiger partial charge in [-0.05, 0) is 43.2 Å². The first-order valence-electron chi connectivity index (χ1n) is 10.9. The van der Waals surface area contributed by atoms with Crippen LogP contribution >= 0.6 is 11.6 Å². The number of hydrogen-bond donors (Lipinski definition) is 2. The van der Waals surface area contributed by atoms with Crippen LogP contribution in [-0.2, 0) is 16.1 Å². The zero-order valence-corrected chi connectivity index (χ0v) is 19.7. The SMILES string of the molecule is CCCCN(C(=O)COC(=O)c1ccc2nc(Cl)ccc2c1)c1c(N)n(CCC)c(=O)[nH]c1=O. The lowest BCUT2D eigenvalue weighted by molar-refractivity contribution is -0.121. The minimum absolute atomic E-state index is 0.105. The number of halogens is 1. The summed E-state index contributed by atoms with van der Waals surface area (Å²) >= 11 is 5.88. The number of aromatic amines is 1. The minimum Gasteiger partial charge on any atom is -0.452 e. The van der Waals surface area contributed by atoms with Gasteiger partial charge in [0.05, 0.1) is 11.1 Å². The van der Waals surface area contributed by atoms with Crippen molar-refractivity contribution in [3.63, 3.8) is 0 Å². The summed E-state index contributed by atoms with van der Waals surface area (Å²) in [6.07, 6.45) is 1.92. The molecule has 0 bridgehead atoms. The summed E-state index contributed by atoms with van der Waals surface area (Å²) in [7, 11) is 0. The van der Waals surface area contributed by atoms with Gasteiger partial charge in [-0.25, -0.2) is 14.6 Å². The number of fused-ring (bicyclic) bond motifs is 1. The van der Waals surface area contributed by atoms with Gasteiger partial charge in [-0.2, -0.15) is 0 Å². The van der Waals surface area contributed by atoms with Crippen molar-refractivity contribution in [3.05, 3.63) is 61.9 Å². The highest BCUT2D eigenvalue weighted by Crippen LogP contribution is 2.20. The van der Waals surface area contributed by atoms with Crippen LogP contribution < -0.4 is 21.9 Å². The number of anilines is 2. The van der Waals surface area contributed by atoms with E-state index in [2.05, 4.69) is 9.97 Å². The highest BCUT2D eigenvalue weighted by molar-refractivity contribution is 6.29. The number of unbranched alkanes of at least 4 members (excludes halogenated alkanes) is 1. The Bertz CT molecular complexity index is 1330. The Morgan fingerprint density at radius 3 is 2.65 bits per heavy atom. The van der Waals surface area contributed by atoms with Gasteiger partial charge in [-0.1, -0.05) is 31.9 Å². The maximum Gasteiger partial charge on any atom is 0.338 e. The molecule has 0 radical (unpaired) electrons. The zero-order valence-electron chi connectivity index (χ0n) is 19.0. The molecule has 0 aliphatic carbocycles. The van der Waals surface area contributed by atoms with Crippen LogP contribution in [0.5, 0.6) is 0 Å². The van der Waals surface area contributed by atoms with Crippen LogP contribution in [0.15, 0.2) is 39.9 Å². The summed E-state index contributed by atoms with van der Waals surface area (Å²) in [6, 6.07) is 8.07. The van der Waals surface area contributed by atoms with Crippen molar-refractivity contribution in [2.75, 3.05) is 23.8 Å². The molecular formula is C23H26ClN5O5. The first-order chi connectivity index (χ1) is 16.3. The number of carbonyl (C=O) groups excluding carboxylic acids is 2. The normalized spacial score (nSPS) is 10.9. The Morgan fingerprint density at radius 1 is 1.18 bits per heavy atom. The average Bonchev–Trinajstić information content (AvgIpc) is 2.81. The number of pyridine rings is 1. The second kappa shape index (κ2) is 11.0. The molecule has 2 heterocycles. The number of nitrogen functional groups attached to an aromatic ring is 1. The lowest BCUT2D eigenvalue weighted by atomic mass is 10.1. The van der Waals surface area contributed by atoms with Crippen LogP contribution in [0.4, 0.5) is 11.5 Å². The molecule has 3 aromatic rings. The third kappa shape index (κ3) is 5.45. The lowest BCUT2D eigenvalue weighted by Crippen LogP contribution is -2.43. The molecule has 0 aliphatic heterocycles. The molecule has 0 unspecified atom stereocenters. The molecule has 3 N–H and O–H groups in total. The summed E-state index contributed by atoms with van der Waals surface area (Å²) in [5.74, 6) is -1.44. The van der Waals surface area contributed by atoms with Gasteiger partial charge < -0.3 is 15.4 Å². The van der Waals surface area contributed by atoms with Crippen molar-refractivity contribution < 1.29 is 14.3 Å². The summed E-state index contributed by atoms with van der Waals surface area (Å²) < 4.78 is 6.44. The molecule has 0 fully saturated rings. The van der Waals surface area contributed by atoms with Gasteiger partial charge in [0.25, 0.3) is 11.5 Å². The highest BCUT2D eigenvalue weighted by atomic mass is 35.5. The van der Waals surface area contributed by atoms with E-state index in [4.69, 9.17) is 22.1 Å². The first-order valence-corrected chi connectivity index (χ1v) is 11.3. The first kappa shape index (κ1) is 25.0. The fourth-order valence-corrected chi connectivity index (χ4v) is 3.63. The molecule has 10 nitrogen and oxygen atoms in total. The molecular weight excluding hydrogens is 462 g/mol. The Balaban J connectivity index is 1.83. The fraction of sp³-hybridized carbons (Fsp3) is 0.348. The molecule has 11 heteroatoms. The van der Waals surface area contributed by atoms with E-state index >= 15 is 0 Å². The van der Waals surface area contributed by atoms with Crippen molar-refractivity contribution in [3.8, 4) is 0 Å². The van der Waals surface area contributed by atoms with Gasteiger partial charge in [-0.3, -0.25) is 19.1 Å². The predicted octanol–water partition coefficient (Wildman–Crippen LogP) is 2.72. The van der Waals surface area contributed by atoms with Gasteiger partial charge in [0.15, 0.2) is 12.3 Å². The molecule has 34 heavy (non-hydrogen) atoms. The summed E-state index contributed by atoms with van der Waals surface area (Å²) in [5, 5.41) is 1.02. The van der Waals surface area contributed by atoms with E-state index in [1.54, 1.807) is 24.3 Å². The van der Waals surface area contributed by atoms with E-state index in [-0.39, 0.29) is 30.2 Å². The van der Waals surface area contributed by atoms with E-state index < -0.39 is 29.7 Å². The van der Waals surface area contributed by atoms with Crippen molar-refractivity contribution in [2.24, 2.45) is 0 Å². The molecule has 0 atom stereocenters. The van der Waals surface area contributed by atoms with Crippen LogP contribution in [0, 0.1) is 0 Å². The topological polar surface area (TPSA) is 140 Å². The number of nitrogens with two attached hydrogens (primary N) is 1. The summed E-state index contributed by atoms with van der Waals surface area (Å²) in [5.41, 5.74) is 5.42. The molecule has 2 aromatic heterocycles. The quantitative estimate of drug-likeness (QED) is 0.349. The Hall–Kier alpha value is -3.66. The maximum absolute atomic E-state index is 13.0. The van der Waals surface area contributed by atoms with Gasteiger partial charge in [0, 0.05) is 18.5 Å². The van der Waals surface area contributed by atoms with E-state index in [0.29, 0.717) is 28.9 Å². The number of carbonyl (C=O) groups is 2. The molecule has 3 rings (SSSR count). The van der Waals surface area contributed by atoms with Crippen molar-refractivity contribution in [1.82, 2.24) is 14.5 Å². The monoisotopic (exact) mass is 487 g/mol. The molecule has 180 valence electrons. The van der Waals surface area contributed by atoms with E-state index in [1.165, 1.54) is 15.5 Å². The van der Waals surface area contributed by atoms with Gasteiger partial charge in [-0.15, -0.1) is 0 Å². The smallest absolute Gasteiger partial charge is 0.338 e. The molecule has 0 saturated heterocycles. The number of rotatable bonds is 9. The highest BCUT2D eigenvalue weighted by Gasteiger charge is 2.25. The van der Waals surface area contributed by atoms with Gasteiger partial charge in [0.2, 0.25) is 0 Å². The average molecular weight is 488 g/mol. The molecule has 1 aromatic carbocycles. The van der Waals surface area contributed by atoms with E-state index in [9.17, 15) is 19.2 Å². The van der Waals surface area contributed by atoms with Crippen molar-refractivity contribution in [2.45, 2.75) is 39.7 Å². The largest absolute Gasteiger partial charge is 0.452 e. The van der Waals surface area contributed by atoms with E-state index in [1.807, 2.05) is 13.8 Å². The summed E-state index contributed by atoms with van der Waals surface area (Å²) in [4.78, 5) is 57.8. The van der Waals surface area contributed by atoms with Crippen LogP contribution in [0.1, 0.15) is 43.5 Å². The van der Waals surface area contributed by atoms with Crippen LogP contribution in [0.25, 0.3) is 10.9 Å². The standard InChI is InChI=1S/C23H26ClN5O5/c1-3-5-11-28(19-20(25)29(10-4-2)23(33)27-21(19)31)18(30)13-34-22(32)15-6-8-16-14(12-15)7-9-17(24)26-16/h6-9,12H,3-5,10-11,13,25H2,1-2H3,(H,27,31,33). The third-order valence-electron chi connectivity index (χ3n) is 5.19. The molecule has 0 spiro atoms. The number of nitrogens with zero attached hydrogens (tertiary/aromatic N) is 3. The number of benzene rings is 1. The number of nitrogens with one attached hydrogen (secondary N) is 1. The number of H-pyrrole nitrogens is 1. The number of aromatic nitrogens is 3. The second-order valence-electron chi connectivity index (χ2n) is 7.66. The Kier molecular flexibility index (Phi) is 8.06. The minimum atomic E-state index is -0.772.